The molecule has 3 N–H and O–H groups in total. The van der Waals surface area contributed by atoms with E-state index in [9.17, 15) is 9.90 Å². The van der Waals surface area contributed by atoms with Crippen LogP contribution in [0.1, 0.15) is 98.8 Å². The second kappa shape index (κ2) is 18.1. The van der Waals surface area contributed by atoms with Crippen molar-refractivity contribution in [1.82, 2.24) is 10.6 Å². The van der Waals surface area contributed by atoms with Gasteiger partial charge in [-0.1, -0.05) is 66.7 Å². The lowest BCUT2D eigenvalue weighted by molar-refractivity contribution is -0.146. The van der Waals surface area contributed by atoms with Gasteiger partial charge in [0.2, 0.25) is 0 Å². The van der Waals surface area contributed by atoms with Crippen molar-refractivity contribution in [3.8, 4) is 0 Å². The normalized spacial score (nSPS) is 14.0. The standard InChI is InChI=1S/C24H50N2O3/c1-6-8-13-21(7-2)18-25-16-12-17-26-19-22(27)20-29-23(28)14-10-9-11-15-24(3,4)5/h21-22,25-27H,6-20H2,1-5H3. The van der Waals surface area contributed by atoms with E-state index in [1.165, 1.54) is 32.1 Å². The Morgan fingerprint density at radius 3 is 2.28 bits per heavy atom. The molecular formula is C24H50N2O3. The van der Waals surface area contributed by atoms with Crippen molar-refractivity contribution in [3.05, 3.63) is 0 Å². The minimum Gasteiger partial charge on any atom is -0.463 e. The number of aliphatic hydroxyl groups excluding tert-OH is 1. The summed E-state index contributed by atoms with van der Waals surface area (Å²) in [6.45, 7) is 14.7. The number of hydrogen-bond donors (Lipinski definition) is 3. The third-order valence-electron chi connectivity index (χ3n) is 5.31. The zero-order valence-electron chi connectivity index (χ0n) is 20.0. The third kappa shape index (κ3) is 20.4. The van der Waals surface area contributed by atoms with Gasteiger partial charge in [-0.2, -0.15) is 0 Å². The first kappa shape index (κ1) is 28.4. The highest BCUT2D eigenvalue weighted by Gasteiger charge is 2.11. The van der Waals surface area contributed by atoms with Gasteiger partial charge in [0.25, 0.3) is 0 Å². The number of unbranched alkanes of at least 4 members (excludes halogenated alkanes) is 3. The zero-order chi connectivity index (χ0) is 22.0. The predicted octanol–water partition coefficient (Wildman–Crippen LogP) is 4.67. The van der Waals surface area contributed by atoms with Crippen molar-refractivity contribution in [1.29, 1.82) is 0 Å². The van der Waals surface area contributed by atoms with Crippen LogP contribution in [0.3, 0.4) is 0 Å². The molecule has 2 unspecified atom stereocenters. The van der Waals surface area contributed by atoms with Crippen molar-refractivity contribution >= 4 is 5.97 Å². The molecule has 0 fully saturated rings. The molecule has 0 saturated carbocycles. The summed E-state index contributed by atoms with van der Waals surface area (Å²) in [6, 6.07) is 0. The number of carbonyl (C=O) groups excluding carboxylic acids is 1. The summed E-state index contributed by atoms with van der Waals surface area (Å²) in [5.74, 6) is 0.593. The fourth-order valence-corrected chi connectivity index (χ4v) is 3.28. The molecule has 0 aromatic heterocycles. The summed E-state index contributed by atoms with van der Waals surface area (Å²) in [5, 5.41) is 16.7. The van der Waals surface area contributed by atoms with Crippen LogP contribution in [-0.4, -0.2) is 50.0 Å². The van der Waals surface area contributed by atoms with Gasteiger partial charge >= 0.3 is 5.97 Å². The van der Waals surface area contributed by atoms with Gasteiger partial charge in [0.05, 0.1) is 0 Å². The highest BCUT2D eigenvalue weighted by atomic mass is 16.5. The Hall–Kier alpha value is -0.650. The largest absolute Gasteiger partial charge is 0.463 e. The number of aliphatic hydroxyl groups is 1. The van der Waals surface area contributed by atoms with Crippen LogP contribution < -0.4 is 10.6 Å². The summed E-state index contributed by atoms with van der Waals surface area (Å²) in [7, 11) is 0. The minimum atomic E-state index is -0.633. The van der Waals surface area contributed by atoms with E-state index in [4.69, 9.17) is 4.74 Å². The molecule has 0 aromatic rings. The summed E-state index contributed by atoms with van der Waals surface area (Å²) in [6.07, 6.45) is 10.3. The third-order valence-corrected chi connectivity index (χ3v) is 5.31. The average Bonchev–Trinajstić information content (AvgIpc) is 2.66. The van der Waals surface area contributed by atoms with Crippen LogP contribution in [-0.2, 0) is 9.53 Å². The van der Waals surface area contributed by atoms with Crippen molar-refractivity contribution in [2.45, 2.75) is 105 Å². The fourth-order valence-electron chi connectivity index (χ4n) is 3.28. The monoisotopic (exact) mass is 414 g/mol. The van der Waals surface area contributed by atoms with Crippen LogP contribution >= 0.6 is 0 Å². The van der Waals surface area contributed by atoms with E-state index >= 15 is 0 Å². The molecule has 0 spiro atoms. The van der Waals surface area contributed by atoms with E-state index in [1.54, 1.807) is 0 Å². The molecule has 174 valence electrons. The Morgan fingerprint density at radius 1 is 0.966 bits per heavy atom. The summed E-state index contributed by atoms with van der Waals surface area (Å²) >= 11 is 0. The topological polar surface area (TPSA) is 70.6 Å². The molecule has 5 heteroatoms. The maximum atomic E-state index is 11.7. The lowest BCUT2D eigenvalue weighted by Crippen LogP contribution is -2.33. The van der Waals surface area contributed by atoms with E-state index < -0.39 is 6.10 Å². The second-order valence-electron chi connectivity index (χ2n) is 9.64. The van der Waals surface area contributed by atoms with Gasteiger partial charge in [-0.05, 0) is 56.7 Å². The van der Waals surface area contributed by atoms with Crippen molar-refractivity contribution in [3.63, 3.8) is 0 Å². The molecule has 29 heavy (non-hydrogen) atoms. The molecule has 0 aromatic carbocycles. The van der Waals surface area contributed by atoms with Gasteiger partial charge < -0.3 is 20.5 Å². The number of rotatable bonds is 19. The molecule has 0 amide bonds. The molecule has 5 nitrogen and oxygen atoms in total. The Bertz CT molecular complexity index is 383. The maximum Gasteiger partial charge on any atom is 0.305 e. The Balaban J connectivity index is 3.51. The van der Waals surface area contributed by atoms with Crippen LogP contribution in [0.25, 0.3) is 0 Å². The van der Waals surface area contributed by atoms with Crippen LogP contribution in [0.5, 0.6) is 0 Å². The molecule has 0 bridgehead atoms. The lowest BCUT2D eigenvalue weighted by atomic mass is 9.89. The Labute approximate surface area is 180 Å². The highest BCUT2D eigenvalue weighted by molar-refractivity contribution is 5.69. The average molecular weight is 415 g/mol. The van der Waals surface area contributed by atoms with Gasteiger partial charge in [-0.25, -0.2) is 0 Å². The van der Waals surface area contributed by atoms with Gasteiger partial charge in [0.1, 0.15) is 12.7 Å². The molecule has 2 atom stereocenters. The van der Waals surface area contributed by atoms with Crippen molar-refractivity contribution in [2.75, 3.05) is 32.8 Å². The minimum absolute atomic E-state index is 0.0850. The van der Waals surface area contributed by atoms with Gasteiger partial charge in [-0.3, -0.25) is 4.79 Å². The van der Waals surface area contributed by atoms with Gasteiger partial charge in [0.15, 0.2) is 0 Å². The number of hydrogen-bond acceptors (Lipinski definition) is 5. The number of nitrogens with one attached hydrogen (secondary N) is 2. The van der Waals surface area contributed by atoms with E-state index in [2.05, 4.69) is 45.3 Å². The van der Waals surface area contributed by atoms with Crippen LogP contribution in [0.15, 0.2) is 0 Å². The van der Waals surface area contributed by atoms with Crippen LogP contribution in [0.2, 0.25) is 0 Å². The van der Waals surface area contributed by atoms with Gasteiger partial charge in [-0.15, -0.1) is 0 Å². The maximum absolute atomic E-state index is 11.7. The van der Waals surface area contributed by atoms with E-state index in [0.29, 0.717) is 18.4 Å². The number of carbonyl (C=O) groups is 1. The molecule has 0 aliphatic carbocycles. The SMILES string of the molecule is CCCCC(CC)CNCCCNCC(O)COC(=O)CCCCCC(C)(C)C. The molecule has 0 heterocycles. The highest BCUT2D eigenvalue weighted by Crippen LogP contribution is 2.22. The number of esters is 1. The summed E-state index contributed by atoms with van der Waals surface area (Å²) in [5.41, 5.74) is 0.361. The molecule has 0 aliphatic heterocycles. The zero-order valence-corrected chi connectivity index (χ0v) is 20.0. The van der Waals surface area contributed by atoms with E-state index in [0.717, 1.165) is 51.2 Å². The molecule has 0 rings (SSSR count). The molecular weight excluding hydrogens is 364 g/mol. The van der Waals surface area contributed by atoms with Gasteiger partial charge in [0, 0.05) is 13.0 Å². The summed E-state index contributed by atoms with van der Waals surface area (Å²) < 4.78 is 5.18. The van der Waals surface area contributed by atoms with E-state index in [1.807, 2.05) is 0 Å². The second-order valence-corrected chi connectivity index (χ2v) is 9.64. The number of ether oxygens (including phenoxy) is 1. The van der Waals surface area contributed by atoms with E-state index in [-0.39, 0.29) is 12.6 Å². The molecule has 0 aliphatic rings. The lowest BCUT2D eigenvalue weighted by Gasteiger charge is -2.17. The van der Waals surface area contributed by atoms with Crippen LogP contribution in [0, 0.1) is 11.3 Å². The smallest absolute Gasteiger partial charge is 0.305 e. The molecule has 0 radical (unpaired) electrons. The Kier molecular flexibility index (Phi) is 17.7. The first-order chi connectivity index (χ1) is 13.8. The quantitative estimate of drug-likeness (QED) is 0.212. The van der Waals surface area contributed by atoms with Crippen molar-refractivity contribution < 1.29 is 14.6 Å². The first-order valence-electron chi connectivity index (χ1n) is 12.0. The van der Waals surface area contributed by atoms with Crippen molar-refractivity contribution in [2.24, 2.45) is 11.3 Å². The Morgan fingerprint density at radius 2 is 1.66 bits per heavy atom. The predicted molar refractivity (Wildman–Crippen MR) is 123 cm³/mol. The molecule has 0 saturated heterocycles. The fraction of sp³-hybridized carbons (Fsp3) is 0.958. The van der Waals surface area contributed by atoms with Crippen LogP contribution in [0.4, 0.5) is 0 Å². The first-order valence-corrected chi connectivity index (χ1v) is 12.0. The summed E-state index contributed by atoms with van der Waals surface area (Å²) in [4.78, 5) is 11.7.